The summed E-state index contributed by atoms with van der Waals surface area (Å²) < 4.78 is 12.5. The molecule has 2 N–H and O–H groups in total. The van der Waals surface area contributed by atoms with Crippen LogP contribution in [0.3, 0.4) is 0 Å². The van der Waals surface area contributed by atoms with E-state index in [-0.39, 0.29) is 11.4 Å². The number of rotatable bonds is 4. The van der Waals surface area contributed by atoms with Gasteiger partial charge in [0, 0.05) is 43.4 Å². The number of aromatic nitrogens is 3. The summed E-state index contributed by atoms with van der Waals surface area (Å²) in [7, 11) is 3.34. The molecule has 2 aliphatic rings. The molecule has 2 saturated heterocycles. The van der Waals surface area contributed by atoms with Gasteiger partial charge < -0.3 is 20.1 Å². The summed E-state index contributed by atoms with van der Waals surface area (Å²) in [5, 5.41) is 0. The van der Waals surface area contributed by atoms with E-state index >= 15 is 0 Å². The molecule has 2 aliphatic heterocycles. The van der Waals surface area contributed by atoms with Gasteiger partial charge in [-0.15, -0.1) is 0 Å². The second kappa shape index (κ2) is 7.87. The van der Waals surface area contributed by atoms with E-state index in [2.05, 4.69) is 14.9 Å². The van der Waals surface area contributed by atoms with Crippen molar-refractivity contribution >= 4 is 23.5 Å². The van der Waals surface area contributed by atoms with Gasteiger partial charge in [0.1, 0.15) is 10.7 Å². The van der Waals surface area contributed by atoms with Crippen LogP contribution in [0.5, 0.6) is 5.88 Å². The molecule has 0 unspecified atom stereocenters. The van der Waals surface area contributed by atoms with Crippen molar-refractivity contribution in [2.24, 2.45) is 12.5 Å². The Labute approximate surface area is 174 Å². The van der Waals surface area contributed by atoms with Gasteiger partial charge in [-0.1, -0.05) is 11.8 Å². The molecule has 2 aromatic heterocycles. The number of hydrogen-bond acceptors (Lipinski definition) is 8. The minimum Gasteiger partial charge on any atom is -0.481 e. The highest BCUT2D eigenvalue weighted by Crippen LogP contribution is 2.40. The molecule has 8 nitrogen and oxygen atoms in total. The maximum Gasteiger partial charge on any atom is 0.270 e. The third-order valence-electron chi connectivity index (χ3n) is 6.06. The molecule has 2 aromatic rings. The Morgan fingerprint density at radius 3 is 2.72 bits per heavy atom. The summed E-state index contributed by atoms with van der Waals surface area (Å²) >= 11 is 1.31. The third-order valence-corrected chi connectivity index (χ3v) is 7.31. The molecule has 4 rings (SSSR count). The first-order valence-electron chi connectivity index (χ1n) is 9.81. The maximum absolute atomic E-state index is 13.1. The predicted octanol–water partition coefficient (Wildman–Crippen LogP) is 2.23. The molecular weight excluding hydrogens is 390 g/mol. The summed E-state index contributed by atoms with van der Waals surface area (Å²) in [5.41, 5.74) is 7.27. The molecule has 156 valence electrons. The van der Waals surface area contributed by atoms with Crippen molar-refractivity contribution in [2.45, 2.75) is 36.0 Å². The van der Waals surface area contributed by atoms with E-state index in [9.17, 15) is 4.79 Å². The van der Waals surface area contributed by atoms with Crippen LogP contribution in [0.4, 0.5) is 11.8 Å². The van der Waals surface area contributed by atoms with E-state index in [1.165, 1.54) is 11.8 Å². The Balaban J connectivity index is 1.59. The SMILES string of the molecule is COc1nccc(Sc2c(N)nc(N3CCC4(CCOC4)CC3)n(C)c2=O)c1C. The smallest absolute Gasteiger partial charge is 0.270 e. The van der Waals surface area contributed by atoms with E-state index in [0.717, 1.165) is 56.0 Å². The van der Waals surface area contributed by atoms with Crippen LogP contribution in [0, 0.1) is 12.3 Å². The van der Waals surface area contributed by atoms with Crippen LogP contribution in [0.2, 0.25) is 0 Å². The molecule has 4 heterocycles. The highest BCUT2D eigenvalue weighted by atomic mass is 32.2. The van der Waals surface area contributed by atoms with E-state index in [1.807, 2.05) is 13.0 Å². The average molecular weight is 418 g/mol. The van der Waals surface area contributed by atoms with Gasteiger partial charge in [-0.25, -0.2) is 4.98 Å². The van der Waals surface area contributed by atoms with Crippen LogP contribution in [0.1, 0.15) is 24.8 Å². The number of nitrogens with two attached hydrogens (primary N) is 1. The van der Waals surface area contributed by atoms with Gasteiger partial charge in [0.25, 0.3) is 5.56 Å². The van der Waals surface area contributed by atoms with E-state index in [1.54, 1.807) is 24.9 Å². The predicted molar refractivity (Wildman–Crippen MR) is 113 cm³/mol. The molecule has 2 fully saturated rings. The first-order chi connectivity index (χ1) is 13.9. The molecule has 1 spiro atoms. The van der Waals surface area contributed by atoms with Crippen molar-refractivity contribution in [3.8, 4) is 5.88 Å². The molecule has 0 atom stereocenters. The Morgan fingerprint density at radius 2 is 2.07 bits per heavy atom. The fraction of sp³-hybridized carbons (Fsp3) is 0.550. The number of piperidine rings is 1. The number of methoxy groups -OCH3 is 1. The van der Waals surface area contributed by atoms with Crippen LogP contribution in [0.25, 0.3) is 0 Å². The number of hydrogen-bond donors (Lipinski definition) is 1. The molecule has 9 heteroatoms. The normalized spacial score (nSPS) is 18.4. The van der Waals surface area contributed by atoms with E-state index in [0.29, 0.717) is 22.1 Å². The van der Waals surface area contributed by atoms with Gasteiger partial charge in [-0.2, -0.15) is 4.98 Å². The highest BCUT2D eigenvalue weighted by Gasteiger charge is 2.38. The number of nitrogens with zero attached hydrogens (tertiary/aromatic N) is 4. The molecule has 0 radical (unpaired) electrons. The summed E-state index contributed by atoms with van der Waals surface area (Å²) in [6.07, 6.45) is 4.89. The van der Waals surface area contributed by atoms with Crippen molar-refractivity contribution < 1.29 is 9.47 Å². The second-order valence-corrected chi connectivity index (χ2v) is 8.88. The topological polar surface area (TPSA) is 95.5 Å². The van der Waals surface area contributed by atoms with E-state index < -0.39 is 0 Å². The Hall–Kier alpha value is -2.26. The second-order valence-electron chi connectivity index (χ2n) is 7.83. The van der Waals surface area contributed by atoms with Crippen molar-refractivity contribution in [3.05, 3.63) is 28.2 Å². The van der Waals surface area contributed by atoms with Crippen LogP contribution in [-0.2, 0) is 11.8 Å². The fourth-order valence-electron chi connectivity index (χ4n) is 4.12. The Kier molecular flexibility index (Phi) is 5.44. The van der Waals surface area contributed by atoms with Crippen molar-refractivity contribution in [3.63, 3.8) is 0 Å². The van der Waals surface area contributed by atoms with Gasteiger partial charge in [-0.3, -0.25) is 9.36 Å². The quantitative estimate of drug-likeness (QED) is 0.809. The molecule has 0 amide bonds. The summed E-state index contributed by atoms with van der Waals surface area (Å²) in [6.45, 7) is 5.33. The Bertz CT molecular complexity index is 961. The van der Waals surface area contributed by atoms with Gasteiger partial charge in [0.15, 0.2) is 0 Å². The molecule has 0 aromatic carbocycles. The number of anilines is 2. The van der Waals surface area contributed by atoms with E-state index in [4.69, 9.17) is 15.2 Å². The number of ether oxygens (including phenoxy) is 2. The molecule has 29 heavy (non-hydrogen) atoms. The van der Waals surface area contributed by atoms with Gasteiger partial charge in [0.2, 0.25) is 11.8 Å². The van der Waals surface area contributed by atoms with Crippen LogP contribution in [0.15, 0.2) is 26.8 Å². The van der Waals surface area contributed by atoms with Crippen LogP contribution in [-0.4, -0.2) is 47.9 Å². The summed E-state index contributed by atoms with van der Waals surface area (Å²) in [5.74, 6) is 1.43. The molecule has 0 bridgehead atoms. The van der Waals surface area contributed by atoms with Gasteiger partial charge in [-0.05, 0) is 37.7 Å². The third kappa shape index (κ3) is 3.69. The van der Waals surface area contributed by atoms with Crippen molar-refractivity contribution in [1.82, 2.24) is 14.5 Å². The molecule has 0 aliphatic carbocycles. The zero-order chi connectivity index (χ0) is 20.6. The lowest BCUT2D eigenvalue weighted by atomic mass is 9.78. The van der Waals surface area contributed by atoms with Crippen LogP contribution >= 0.6 is 11.8 Å². The average Bonchev–Trinajstić information content (AvgIpc) is 3.18. The number of nitrogen functional groups attached to an aromatic ring is 1. The molecule has 0 saturated carbocycles. The molecular formula is C20H27N5O3S. The van der Waals surface area contributed by atoms with Crippen molar-refractivity contribution in [2.75, 3.05) is 44.0 Å². The largest absolute Gasteiger partial charge is 0.481 e. The minimum atomic E-state index is -0.142. The zero-order valence-corrected chi connectivity index (χ0v) is 17.9. The maximum atomic E-state index is 13.1. The van der Waals surface area contributed by atoms with Crippen molar-refractivity contribution in [1.29, 1.82) is 0 Å². The Morgan fingerprint density at radius 1 is 1.31 bits per heavy atom. The number of pyridine rings is 1. The summed E-state index contributed by atoms with van der Waals surface area (Å²) in [4.78, 5) is 25.4. The van der Waals surface area contributed by atoms with Crippen LogP contribution < -0.4 is 20.9 Å². The summed E-state index contributed by atoms with van der Waals surface area (Å²) in [6, 6.07) is 1.85. The first kappa shape index (κ1) is 20.0. The monoisotopic (exact) mass is 417 g/mol. The lowest BCUT2D eigenvalue weighted by Crippen LogP contribution is -2.43. The fourth-order valence-corrected chi connectivity index (χ4v) is 5.08. The lowest BCUT2D eigenvalue weighted by Gasteiger charge is -2.39. The minimum absolute atomic E-state index is 0.142. The van der Waals surface area contributed by atoms with Gasteiger partial charge in [0.05, 0.1) is 13.7 Å². The first-order valence-corrected chi connectivity index (χ1v) is 10.6. The standard InChI is InChI=1S/C20H27N5O3S/c1-13-14(4-8-22-17(13)27-3)29-15-16(21)23-19(24(2)18(15)26)25-9-5-20(6-10-25)7-11-28-12-20/h4,8H,5-7,9-12,21H2,1-3H3. The highest BCUT2D eigenvalue weighted by molar-refractivity contribution is 7.99. The lowest BCUT2D eigenvalue weighted by molar-refractivity contribution is 0.133. The van der Waals surface area contributed by atoms with Gasteiger partial charge >= 0.3 is 0 Å². The zero-order valence-electron chi connectivity index (χ0n) is 17.1.